The van der Waals surface area contributed by atoms with Crippen molar-refractivity contribution in [3.8, 4) is 0 Å². The molecular weight excluding hydrogens is 340 g/mol. The molecule has 142 valence electrons. The molecule has 0 amide bonds. The minimum absolute atomic E-state index is 0.477. The number of thioether (sulfide) groups is 1. The van der Waals surface area contributed by atoms with Crippen molar-refractivity contribution in [2.75, 3.05) is 31.1 Å². The van der Waals surface area contributed by atoms with E-state index in [1.807, 2.05) is 0 Å². The second-order valence-electron chi connectivity index (χ2n) is 8.28. The highest BCUT2D eigenvalue weighted by molar-refractivity contribution is 7.99. The largest absolute Gasteiger partial charge is 0.370 e. The fourth-order valence-corrected chi connectivity index (χ4v) is 5.93. The van der Waals surface area contributed by atoms with Crippen molar-refractivity contribution in [3.63, 3.8) is 0 Å². The lowest BCUT2D eigenvalue weighted by molar-refractivity contribution is 0.199. The molecular formula is C21H32N4S. The molecule has 1 atom stereocenters. The first-order valence-electron chi connectivity index (χ1n) is 10.1. The molecule has 2 saturated heterocycles. The maximum Gasteiger partial charge on any atom is 0.188 e. The average molecular weight is 373 g/mol. The monoisotopic (exact) mass is 372 g/mol. The number of aliphatic imine (C=N–C) groups is 1. The van der Waals surface area contributed by atoms with E-state index >= 15 is 0 Å². The summed E-state index contributed by atoms with van der Waals surface area (Å²) in [5.41, 5.74) is 8.22. The maximum atomic E-state index is 6.18. The molecule has 1 spiro atoms. The van der Waals surface area contributed by atoms with Crippen molar-refractivity contribution >= 4 is 17.7 Å². The first-order chi connectivity index (χ1) is 12.7. The standard InChI is InChI=1S/C21H32N4S/c22-20(23-15-18-14-21(18)8-12-26-13-9-21)24-19-6-10-25(11-7-19)16-17-4-2-1-3-5-17/h1-5,18-19H,6-16H2,(H3,22,23,24). The van der Waals surface area contributed by atoms with Crippen LogP contribution < -0.4 is 11.1 Å². The van der Waals surface area contributed by atoms with Gasteiger partial charge in [0.05, 0.1) is 0 Å². The number of rotatable bonds is 5. The van der Waals surface area contributed by atoms with E-state index in [9.17, 15) is 0 Å². The zero-order valence-corrected chi connectivity index (χ0v) is 16.5. The first-order valence-corrected chi connectivity index (χ1v) is 11.3. The van der Waals surface area contributed by atoms with Crippen molar-refractivity contribution in [1.82, 2.24) is 10.2 Å². The predicted molar refractivity (Wildman–Crippen MR) is 111 cm³/mol. The molecule has 0 bridgehead atoms. The van der Waals surface area contributed by atoms with Crippen LogP contribution in [0.3, 0.4) is 0 Å². The summed E-state index contributed by atoms with van der Waals surface area (Å²) in [7, 11) is 0. The normalized spacial score (nSPS) is 26.8. The van der Waals surface area contributed by atoms with Crippen molar-refractivity contribution < 1.29 is 0 Å². The third kappa shape index (κ3) is 4.55. The average Bonchev–Trinajstić information content (AvgIpc) is 3.34. The minimum Gasteiger partial charge on any atom is -0.370 e. The lowest BCUT2D eigenvalue weighted by atomic mass is 9.96. The summed E-state index contributed by atoms with van der Waals surface area (Å²) in [5, 5.41) is 3.47. The molecule has 1 aromatic rings. The second kappa shape index (κ2) is 8.22. The van der Waals surface area contributed by atoms with Crippen LogP contribution in [-0.2, 0) is 6.54 Å². The highest BCUT2D eigenvalue weighted by Gasteiger charge is 2.53. The van der Waals surface area contributed by atoms with Gasteiger partial charge in [-0.25, -0.2) is 0 Å². The fraction of sp³-hybridized carbons (Fsp3) is 0.667. The molecule has 2 aliphatic heterocycles. The summed E-state index contributed by atoms with van der Waals surface area (Å²) in [6.45, 7) is 4.24. The molecule has 3 fully saturated rings. The number of piperidine rings is 1. The van der Waals surface area contributed by atoms with Gasteiger partial charge in [0.1, 0.15) is 0 Å². The van der Waals surface area contributed by atoms with Crippen LogP contribution in [0.15, 0.2) is 35.3 Å². The van der Waals surface area contributed by atoms with Crippen molar-refractivity contribution in [3.05, 3.63) is 35.9 Å². The summed E-state index contributed by atoms with van der Waals surface area (Å²) < 4.78 is 0. The Kier molecular flexibility index (Phi) is 5.75. The molecule has 2 heterocycles. The number of likely N-dealkylation sites (tertiary alicyclic amines) is 1. The van der Waals surface area contributed by atoms with Gasteiger partial charge in [-0.15, -0.1) is 0 Å². The number of benzene rings is 1. The number of hydrogen-bond acceptors (Lipinski definition) is 3. The quantitative estimate of drug-likeness (QED) is 0.616. The molecule has 26 heavy (non-hydrogen) atoms. The molecule has 1 aliphatic carbocycles. The lowest BCUT2D eigenvalue weighted by Crippen LogP contribution is -2.46. The van der Waals surface area contributed by atoms with E-state index in [1.54, 1.807) is 0 Å². The van der Waals surface area contributed by atoms with Crippen LogP contribution in [0.2, 0.25) is 0 Å². The fourth-order valence-electron chi connectivity index (χ4n) is 4.62. The summed E-state index contributed by atoms with van der Waals surface area (Å²) in [6, 6.07) is 11.2. The summed E-state index contributed by atoms with van der Waals surface area (Å²) >= 11 is 2.11. The van der Waals surface area contributed by atoms with E-state index in [0.717, 1.165) is 44.9 Å². The van der Waals surface area contributed by atoms with Gasteiger partial charge in [0.25, 0.3) is 0 Å². The van der Waals surface area contributed by atoms with Crippen molar-refractivity contribution in [1.29, 1.82) is 0 Å². The Morgan fingerprint density at radius 2 is 1.92 bits per heavy atom. The number of nitrogens with one attached hydrogen (secondary N) is 1. The summed E-state index contributed by atoms with van der Waals surface area (Å²) in [4.78, 5) is 7.22. The van der Waals surface area contributed by atoms with Crippen LogP contribution >= 0.6 is 11.8 Å². The van der Waals surface area contributed by atoms with Crippen LogP contribution in [0.1, 0.15) is 37.7 Å². The van der Waals surface area contributed by atoms with Crippen LogP contribution in [0, 0.1) is 11.3 Å². The zero-order valence-electron chi connectivity index (χ0n) is 15.7. The van der Waals surface area contributed by atoms with Crippen molar-refractivity contribution in [2.45, 2.75) is 44.7 Å². The third-order valence-electron chi connectivity index (χ3n) is 6.52. The van der Waals surface area contributed by atoms with Gasteiger partial charge >= 0.3 is 0 Å². The number of nitrogens with two attached hydrogens (primary N) is 1. The Labute approximate surface area is 162 Å². The molecule has 4 rings (SSSR count). The van der Waals surface area contributed by atoms with Gasteiger partial charge in [-0.3, -0.25) is 9.89 Å². The zero-order chi connectivity index (χ0) is 17.8. The second-order valence-corrected chi connectivity index (χ2v) is 9.51. The smallest absolute Gasteiger partial charge is 0.188 e. The van der Waals surface area contributed by atoms with Crippen LogP contribution in [-0.4, -0.2) is 48.0 Å². The van der Waals surface area contributed by atoms with E-state index in [-0.39, 0.29) is 0 Å². The highest BCUT2D eigenvalue weighted by atomic mass is 32.2. The Morgan fingerprint density at radius 1 is 1.19 bits per heavy atom. The third-order valence-corrected chi connectivity index (χ3v) is 7.50. The van der Waals surface area contributed by atoms with E-state index in [0.29, 0.717) is 17.4 Å². The Morgan fingerprint density at radius 3 is 2.65 bits per heavy atom. The molecule has 1 aromatic carbocycles. The van der Waals surface area contributed by atoms with Gasteiger partial charge in [0.15, 0.2) is 5.96 Å². The Hall–Kier alpha value is -1.20. The predicted octanol–water partition coefficient (Wildman–Crippen LogP) is 3.09. The molecule has 1 saturated carbocycles. The summed E-state index contributed by atoms with van der Waals surface area (Å²) in [5.74, 6) is 4.14. The van der Waals surface area contributed by atoms with Crippen LogP contribution in [0.5, 0.6) is 0 Å². The van der Waals surface area contributed by atoms with E-state index in [2.05, 4.69) is 57.3 Å². The minimum atomic E-state index is 0.477. The van der Waals surface area contributed by atoms with Gasteiger partial charge in [0.2, 0.25) is 0 Å². The molecule has 3 aliphatic rings. The molecule has 0 radical (unpaired) electrons. The Bertz CT molecular complexity index is 604. The molecule has 4 nitrogen and oxygen atoms in total. The van der Waals surface area contributed by atoms with Gasteiger partial charge in [-0.2, -0.15) is 11.8 Å². The van der Waals surface area contributed by atoms with E-state index < -0.39 is 0 Å². The molecule has 0 aromatic heterocycles. The molecule has 3 N–H and O–H groups in total. The van der Waals surface area contributed by atoms with Gasteiger partial charge in [-0.05, 0) is 60.5 Å². The number of guanidine groups is 1. The highest BCUT2D eigenvalue weighted by Crippen LogP contribution is 2.60. The lowest BCUT2D eigenvalue weighted by Gasteiger charge is -2.32. The number of hydrogen-bond donors (Lipinski definition) is 2. The number of nitrogens with zero attached hydrogens (tertiary/aromatic N) is 2. The van der Waals surface area contributed by atoms with Crippen LogP contribution in [0.25, 0.3) is 0 Å². The van der Waals surface area contributed by atoms with Gasteiger partial charge in [-0.1, -0.05) is 30.3 Å². The van der Waals surface area contributed by atoms with Gasteiger partial charge < -0.3 is 11.1 Å². The van der Waals surface area contributed by atoms with E-state index in [4.69, 9.17) is 5.73 Å². The SMILES string of the molecule is NC(=NCC1CC12CCSCC2)NC1CCN(Cc2ccccc2)CC1. The van der Waals surface area contributed by atoms with Crippen LogP contribution in [0.4, 0.5) is 0 Å². The van der Waals surface area contributed by atoms with E-state index in [1.165, 1.54) is 36.3 Å². The van der Waals surface area contributed by atoms with Gasteiger partial charge in [0, 0.05) is 32.2 Å². The Balaban J connectivity index is 1.17. The molecule has 1 unspecified atom stereocenters. The van der Waals surface area contributed by atoms with Crippen molar-refractivity contribution in [2.24, 2.45) is 22.1 Å². The first kappa shape index (κ1) is 18.2. The summed E-state index contributed by atoms with van der Waals surface area (Å²) in [6.07, 6.45) is 6.46. The topological polar surface area (TPSA) is 53.6 Å². The molecule has 5 heteroatoms. The maximum absolute atomic E-state index is 6.18.